The lowest BCUT2D eigenvalue weighted by molar-refractivity contribution is -0.130. The highest BCUT2D eigenvalue weighted by Crippen LogP contribution is 2.22. The summed E-state index contributed by atoms with van der Waals surface area (Å²) in [4.78, 5) is 13.2. The Labute approximate surface area is 83.7 Å². The Kier molecular flexibility index (Phi) is 4.00. The van der Waals surface area contributed by atoms with E-state index in [1.54, 1.807) is 4.90 Å². The summed E-state index contributed by atoms with van der Waals surface area (Å²) in [7, 11) is 0. The average molecular weight is 206 g/mol. The Balaban J connectivity index is 2.55. The summed E-state index contributed by atoms with van der Waals surface area (Å²) >= 11 is 5.69. The number of aliphatic hydroxyl groups excluding tert-OH is 1. The van der Waals surface area contributed by atoms with Gasteiger partial charge in [-0.25, -0.2) is 0 Å². The molecule has 1 aliphatic rings. The van der Waals surface area contributed by atoms with Crippen LogP contribution in [0.15, 0.2) is 0 Å². The van der Waals surface area contributed by atoms with Crippen LogP contribution in [0.2, 0.25) is 0 Å². The van der Waals surface area contributed by atoms with E-state index in [-0.39, 0.29) is 24.5 Å². The first-order valence-corrected chi connectivity index (χ1v) is 5.22. The number of carbonyl (C=O) groups excluding carboxylic acids is 1. The van der Waals surface area contributed by atoms with E-state index in [1.807, 2.05) is 6.92 Å². The first kappa shape index (κ1) is 10.8. The molecule has 0 bridgehead atoms. The zero-order chi connectivity index (χ0) is 9.84. The first-order chi connectivity index (χ1) is 6.22. The average Bonchev–Trinajstić information content (AvgIpc) is 2.50. The molecule has 1 N–H and O–H groups in total. The summed E-state index contributed by atoms with van der Waals surface area (Å²) in [6, 6.07) is -0.0132. The van der Waals surface area contributed by atoms with Crippen molar-refractivity contribution in [2.24, 2.45) is 5.92 Å². The highest BCUT2D eigenvalue weighted by molar-refractivity contribution is 6.18. The smallest absolute Gasteiger partial charge is 0.223 e. The maximum Gasteiger partial charge on any atom is 0.223 e. The molecule has 0 saturated carbocycles. The van der Waals surface area contributed by atoms with Crippen LogP contribution >= 0.6 is 11.6 Å². The molecule has 1 fully saturated rings. The van der Waals surface area contributed by atoms with Gasteiger partial charge in [0.15, 0.2) is 0 Å². The number of hydrogen-bond donors (Lipinski definition) is 1. The number of carbonyl (C=O) groups is 1. The second-order valence-corrected chi connectivity index (χ2v) is 3.82. The molecule has 1 aliphatic heterocycles. The van der Waals surface area contributed by atoms with Crippen LogP contribution in [0.1, 0.15) is 19.8 Å². The summed E-state index contributed by atoms with van der Waals surface area (Å²) < 4.78 is 0. The molecule has 1 saturated heterocycles. The van der Waals surface area contributed by atoms with Crippen LogP contribution in [-0.4, -0.2) is 41.0 Å². The van der Waals surface area contributed by atoms with E-state index in [4.69, 9.17) is 16.7 Å². The van der Waals surface area contributed by atoms with E-state index < -0.39 is 0 Å². The van der Waals surface area contributed by atoms with Gasteiger partial charge in [-0.3, -0.25) is 4.79 Å². The van der Waals surface area contributed by atoms with Crippen LogP contribution in [0.4, 0.5) is 0 Å². The second-order valence-electron chi connectivity index (χ2n) is 3.52. The monoisotopic (exact) mass is 205 g/mol. The molecule has 1 amide bonds. The summed E-state index contributed by atoms with van der Waals surface area (Å²) in [5, 5.41) is 9.04. The van der Waals surface area contributed by atoms with Crippen LogP contribution in [0.3, 0.4) is 0 Å². The molecule has 0 spiro atoms. The number of amides is 1. The Morgan fingerprint density at radius 3 is 2.85 bits per heavy atom. The third-order valence-electron chi connectivity index (χ3n) is 2.58. The molecule has 76 valence electrons. The molecule has 4 heteroatoms. The van der Waals surface area contributed by atoms with Crippen LogP contribution in [0.5, 0.6) is 0 Å². The highest BCUT2D eigenvalue weighted by Gasteiger charge is 2.32. The lowest BCUT2D eigenvalue weighted by Crippen LogP contribution is -2.38. The van der Waals surface area contributed by atoms with Gasteiger partial charge < -0.3 is 10.0 Å². The van der Waals surface area contributed by atoms with E-state index in [2.05, 4.69) is 0 Å². The molecular formula is C9H16ClNO2. The predicted molar refractivity (Wildman–Crippen MR) is 51.7 cm³/mol. The normalized spacial score (nSPS) is 25.3. The molecule has 1 rings (SSSR count). The van der Waals surface area contributed by atoms with E-state index >= 15 is 0 Å². The Bertz CT molecular complexity index is 182. The van der Waals surface area contributed by atoms with Crippen molar-refractivity contribution in [3.63, 3.8) is 0 Å². The fourth-order valence-electron chi connectivity index (χ4n) is 1.71. The van der Waals surface area contributed by atoms with Crippen molar-refractivity contribution in [1.29, 1.82) is 0 Å². The van der Waals surface area contributed by atoms with Crippen molar-refractivity contribution in [3.05, 3.63) is 0 Å². The molecule has 0 radical (unpaired) electrons. The maximum absolute atomic E-state index is 11.5. The summed E-state index contributed by atoms with van der Waals surface area (Å²) in [5.74, 6) is 0.936. The first-order valence-electron chi connectivity index (χ1n) is 4.69. The van der Waals surface area contributed by atoms with Crippen LogP contribution in [0, 0.1) is 5.92 Å². The molecule has 1 heterocycles. The van der Waals surface area contributed by atoms with Crippen LogP contribution in [0.25, 0.3) is 0 Å². The highest BCUT2D eigenvalue weighted by atomic mass is 35.5. The largest absolute Gasteiger partial charge is 0.394 e. The van der Waals surface area contributed by atoms with Crippen molar-refractivity contribution in [2.75, 3.05) is 19.0 Å². The molecule has 13 heavy (non-hydrogen) atoms. The molecule has 3 nitrogen and oxygen atoms in total. The standard InChI is InChI=1S/C9H16ClNO2/c1-2-8(6-12)11-5-7(4-10)3-9(11)13/h7-8,12H,2-6H2,1H3/t7?,8-/m0/s1. The number of halogens is 1. The third-order valence-corrected chi connectivity index (χ3v) is 3.02. The number of rotatable bonds is 4. The molecule has 0 aromatic carbocycles. The van der Waals surface area contributed by atoms with Gasteiger partial charge in [-0.1, -0.05) is 6.92 Å². The van der Waals surface area contributed by atoms with Gasteiger partial charge in [0.05, 0.1) is 12.6 Å². The van der Waals surface area contributed by atoms with Gasteiger partial charge in [0.25, 0.3) is 0 Å². The molecule has 1 unspecified atom stereocenters. The summed E-state index contributed by atoms with van der Waals surface area (Å²) in [5.41, 5.74) is 0. The van der Waals surface area contributed by atoms with Crippen molar-refractivity contribution < 1.29 is 9.90 Å². The zero-order valence-corrected chi connectivity index (χ0v) is 8.63. The fraction of sp³-hybridized carbons (Fsp3) is 0.889. The lowest BCUT2D eigenvalue weighted by atomic mass is 10.1. The lowest BCUT2D eigenvalue weighted by Gasteiger charge is -2.25. The maximum atomic E-state index is 11.5. The third kappa shape index (κ3) is 2.35. The van der Waals surface area contributed by atoms with Gasteiger partial charge in [0.1, 0.15) is 0 Å². The Morgan fingerprint density at radius 1 is 1.77 bits per heavy atom. The van der Waals surface area contributed by atoms with Crippen molar-refractivity contribution in [1.82, 2.24) is 4.90 Å². The topological polar surface area (TPSA) is 40.5 Å². The molecule has 0 aliphatic carbocycles. The van der Waals surface area contributed by atoms with E-state index in [0.717, 1.165) is 6.42 Å². The van der Waals surface area contributed by atoms with E-state index in [1.165, 1.54) is 0 Å². The Hall–Kier alpha value is -0.280. The Morgan fingerprint density at radius 2 is 2.46 bits per heavy atom. The van der Waals surface area contributed by atoms with Gasteiger partial charge in [0, 0.05) is 18.8 Å². The summed E-state index contributed by atoms with van der Waals surface area (Å²) in [6.45, 7) is 2.74. The molecular weight excluding hydrogens is 190 g/mol. The number of aliphatic hydroxyl groups is 1. The van der Waals surface area contributed by atoms with Crippen LogP contribution < -0.4 is 0 Å². The number of alkyl halides is 1. The fourth-order valence-corrected chi connectivity index (χ4v) is 1.92. The number of nitrogens with zero attached hydrogens (tertiary/aromatic N) is 1. The van der Waals surface area contributed by atoms with Gasteiger partial charge in [-0.05, 0) is 12.3 Å². The van der Waals surface area contributed by atoms with Gasteiger partial charge in [-0.15, -0.1) is 11.6 Å². The molecule has 0 aromatic heterocycles. The van der Waals surface area contributed by atoms with Gasteiger partial charge in [0.2, 0.25) is 5.91 Å². The van der Waals surface area contributed by atoms with Crippen molar-refractivity contribution >= 4 is 17.5 Å². The van der Waals surface area contributed by atoms with E-state index in [9.17, 15) is 4.79 Å². The summed E-state index contributed by atoms with van der Waals surface area (Å²) in [6.07, 6.45) is 1.34. The SMILES string of the molecule is CC[C@@H](CO)N1CC(CCl)CC1=O. The quantitative estimate of drug-likeness (QED) is 0.692. The minimum atomic E-state index is -0.0132. The van der Waals surface area contributed by atoms with Gasteiger partial charge in [-0.2, -0.15) is 0 Å². The number of hydrogen-bond acceptors (Lipinski definition) is 2. The van der Waals surface area contributed by atoms with Crippen molar-refractivity contribution in [3.8, 4) is 0 Å². The molecule has 0 aromatic rings. The van der Waals surface area contributed by atoms with Crippen LogP contribution in [-0.2, 0) is 4.79 Å². The van der Waals surface area contributed by atoms with E-state index in [0.29, 0.717) is 18.8 Å². The number of likely N-dealkylation sites (tertiary alicyclic amines) is 1. The minimum Gasteiger partial charge on any atom is -0.394 e. The predicted octanol–water partition coefficient (Wildman–Crippen LogP) is 0.845. The molecule has 2 atom stereocenters. The minimum absolute atomic E-state index is 0.0132. The zero-order valence-electron chi connectivity index (χ0n) is 7.87. The van der Waals surface area contributed by atoms with Crippen molar-refractivity contribution in [2.45, 2.75) is 25.8 Å². The second kappa shape index (κ2) is 4.82. The van der Waals surface area contributed by atoms with Gasteiger partial charge >= 0.3 is 0 Å².